The molecular weight excluding hydrogens is 264 g/mol. The molecule has 3 saturated heterocycles. The number of nitrogens with one attached hydrogen (secondary N) is 1. The first-order valence-electron chi connectivity index (χ1n) is 7.95. The first-order chi connectivity index (χ1) is 10.3. The van der Waals surface area contributed by atoms with Crippen LogP contribution in [0, 0.1) is 5.41 Å². The Labute approximate surface area is 125 Å². The standard InChI is InChI=1S/C17H22N2O2/c20-16-17(7-8-18-16)12-19(14-6-9-21-11-14)10-15(17)13-4-2-1-3-5-13/h1-5,14-15H,6-12H2,(H,18,20)/t14-,15+,17-/m1/s1. The van der Waals surface area contributed by atoms with Gasteiger partial charge in [0.25, 0.3) is 0 Å². The van der Waals surface area contributed by atoms with Gasteiger partial charge in [-0.1, -0.05) is 30.3 Å². The highest BCUT2D eigenvalue weighted by atomic mass is 16.5. The van der Waals surface area contributed by atoms with Crippen LogP contribution in [-0.2, 0) is 9.53 Å². The smallest absolute Gasteiger partial charge is 0.228 e. The number of ether oxygens (including phenoxy) is 1. The third kappa shape index (κ3) is 2.09. The van der Waals surface area contributed by atoms with Crippen LogP contribution in [0.15, 0.2) is 30.3 Å². The summed E-state index contributed by atoms with van der Waals surface area (Å²) >= 11 is 0. The molecule has 0 aliphatic carbocycles. The maximum atomic E-state index is 12.6. The van der Waals surface area contributed by atoms with Crippen molar-refractivity contribution in [2.45, 2.75) is 24.8 Å². The lowest BCUT2D eigenvalue weighted by atomic mass is 9.73. The quantitative estimate of drug-likeness (QED) is 0.893. The lowest BCUT2D eigenvalue weighted by Gasteiger charge is -2.27. The van der Waals surface area contributed by atoms with Gasteiger partial charge in [-0.15, -0.1) is 0 Å². The van der Waals surface area contributed by atoms with Gasteiger partial charge in [-0.3, -0.25) is 9.69 Å². The first kappa shape index (κ1) is 13.3. The average molecular weight is 286 g/mol. The summed E-state index contributed by atoms with van der Waals surface area (Å²) in [6.45, 7) is 4.35. The number of carbonyl (C=O) groups excluding carboxylic acids is 1. The molecule has 4 heteroatoms. The molecule has 3 atom stereocenters. The molecule has 1 aromatic carbocycles. The van der Waals surface area contributed by atoms with Crippen LogP contribution in [0.4, 0.5) is 0 Å². The summed E-state index contributed by atoms with van der Waals surface area (Å²) in [6, 6.07) is 11.0. The molecule has 0 unspecified atom stereocenters. The lowest BCUT2D eigenvalue weighted by Crippen LogP contribution is -2.39. The van der Waals surface area contributed by atoms with Gasteiger partial charge in [0, 0.05) is 38.2 Å². The lowest BCUT2D eigenvalue weighted by molar-refractivity contribution is -0.127. The van der Waals surface area contributed by atoms with Crippen LogP contribution >= 0.6 is 0 Å². The van der Waals surface area contributed by atoms with Crippen molar-refractivity contribution in [2.75, 3.05) is 32.8 Å². The number of likely N-dealkylation sites (tertiary alicyclic amines) is 1. The van der Waals surface area contributed by atoms with E-state index in [-0.39, 0.29) is 11.3 Å². The van der Waals surface area contributed by atoms with Crippen molar-refractivity contribution in [1.29, 1.82) is 0 Å². The number of nitrogens with zero attached hydrogens (tertiary/aromatic N) is 1. The van der Waals surface area contributed by atoms with E-state index in [4.69, 9.17) is 4.74 Å². The van der Waals surface area contributed by atoms with E-state index in [0.29, 0.717) is 12.0 Å². The Kier molecular flexibility index (Phi) is 3.23. The summed E-state index contributed by atoms with van der Waals surface area (Å²) in [7, 11) is 0. The second kappa shape index (κ2) is 5.11. The van der Waals surface area contributed by atoms with E-state index in [1.807, 2.05) is 6.07 Å². The molecule has 4 nitrogen and oxygen atoms in total. The van der Waals surface area contributed by atoms with Crippen molar-refractivity contribution in [3.05, 3.63) is 35.9 Å². The number of carbonyl (C=O) groups is 1. The van der Waals surface area contributed by atoms with Gasteiger partial charge in [0.2, 0.25) is 5.91 Å². The van der Waals surface area contributed by atoms with E-state index in [1.165, 1.54) is 5.56 Å². The van der Waals surface area contributed by atoms with Crippen molar-refractivity contribution < 1.29 is 9.53 Å². The molecule has 1 amide bonds. The van der Waals surface area contributed by atoms with Crippen LogP contribution in [0.2, 0.25) is 0 Å². The molecule has 4 rings (SSSR count). The van der Waals surface area contributed by atoms with Gasteiger partial charge in [-0.25, -0.2) is 0 Å². The molecule has 112 valence electrons. The normalized spacial score (nSPS) is 36.5. The highest BCUT2D eigenvalue weighted by Crippen LogP contribution is 2.48. The van der Waals surface area contributed by atoms with Crippen LogP contribution < -0.4 is 5.32 Å². The van der Waals surface area contributed by atoms with Gasteiger partial charge in [0.15, 0.2) is 0 Å². The average Bonchev–Trinajstić information content (AvgIpc) is 3.23. The number of hydrogen-bond donors (Lipinski definition) is 1. The van der Waals surface area contributed by atoms with Crippen molar-refractivity contribution in [2.24, 2.45) is 5.41 Å². The van der Waals surface area contributed by atoms with Crippen LogP contribution in [-0.4, -0.2) is 49.7 Å². The molecule has 0 bridgehead atoms. The minimum Gasteiger partial charge on any atom is -0.380 e. The molecule has 1 aromatic rings. The predicted octanol–water partition coefficient (Wildman–Crippen LogP) is 1.38. The summed E-state index contributed by atoms with van der Waals surface area (Å²) in [5.41, 5.74) is 1.07. The van der Waals surface area contributed by atoms with Crippen molar-refractivity contribution >= 4 is 5.91 Å². The van der Waals surface area contributed by atoms with Gasteiger partial charge in [0.05, 0.1) is 12.0 Å². The fraction of sp³-hybridized carbons (Fsp3) is 0.588. The Morgan fingerprint density at radius 1 is 1.29 bits per heavy atom. The molecule has 1 spiro atoms. The minimum absolute atomic E-state index is 0.232. The highest BCUT2D eigenvalue weighted by molar-refractivity contribution is 5.86. The predicted molar refractivity (Wildman–Crippen MR) is 80.0 cm³/mol. The number of rotatable bonds is 2. The van der Waals surface area contributed by atoms with Gasteiger partial charge >= 0.3 is 0 Å². The molecule has 1 N–H and O–H groups in total. The Hall–Kier alpha value is -1.39. The van der Waals surface area contributed by atoms with E-state index in [0.717, 1.165) is 45.7 Å². The third-order valence-electron chi connectivity index (χ3n) is 5.50. The Morgan fingerprint density at radius 2 is 2.14 bits per heavy atom. The van der Waals surface area contributed by atoms with Crippen LogP contribution in [0.3, 0.4) is 0 Å². The minimum atomic E-state index is -0.232. The zero-order valence-electron chi connectivity index (χ0n) is 12.3. The van der Waals surface area contributed by atoms with Gasteiger partial charge in [-0.05, 0) is 18.4 Å². The van der Waals surface area contributed by atoms with Gasteiger partial charge in [0.1, 0.15) is 0 Å². The van der Waals surface area contributed by atoms with Gasteiger partial charge < -0.3 is 10.1 Å². The molecule has 3 aliphatic heterocycles. The van der Waals surface area contributed by atoms with Crippen LogP contribution in [0.1, 0.15) is 24.3 Å². The first-order valence-corrected chi connectivity index (χ1v) is 7.95. The van der Waals surface area contributed by atoms with Gasteiger partial charge in [-0.2, -0.15) is 0 Å². The maximum absolute atomic E-state index is 12.6. The SMILES string of the molecule is O=C1NCC[C@]12CN([C@@H]1CCOC1)C[C@H]2c1ccccc1. The van der Waals surface area contributed by atoms with Crippen LogP contribution in [0.5, 0.6) is 0 Å². The molecule has 0 radical (unpaired) electrons. The summed E-state index contributed by atoms with van der Waals surface area (Å²) in [5.74, 6) is 0.555. The highest BCUT2D eigenvalue weighted by Gasteiger charge is 2.55. The molecule has 0 saturated carbocycles. The van der Waals surface area contributed by atoms with Crippen molar-refractivity contribution in [3.63, 3.8) is 0 Å². The van der Waals surface area contributed by atoms with E-state index in [1.54, 1.807) is 0 Å². The molecule has 21 heavy (non-hydrogen) atoms. The molecule has 3 fully saturated rings. The summed E-state index contributed by atoms with van der Waals surface area (Å²) in [6.07, 6.45) is 2.05. The second-order valence-corrected chi connectivity index (χ2v) is 6.57. The van der Waals surface area contributed by atoms with E-state index < -0.39 is 0 Å². The molecular formula is C17H22N2O2. The van der Waals surface area contributed by atoms with E-state index in [9.17, 15) is 4.79 Å². The third-order valence-corrected chi connectivity index (χ3v) is 5.50. The monoisotopic (exact) mass is 286 g/mol. The number of hydrogen-bond acceptors (Lipinski definition) is 3. The molecule has 3 heterocycles. The second-order valence-electron chi connectivity index (χ2n) is 6.57. The summed E-state index contributed by atoms with van der Waals surface area (Å²) in [4.78, 5) is 15.1. The number of benzene rings is 1. The molecule has 3 aliphatic rings. The van der Waals surface area contributed by atoms with E-state index >= 15 is 0 Å². The Bertz CT molecular complexity index is 527. The zero-order valence-corrected chi connectivity index (χ0v) is 12.3. The fourth-order valence-electron chi connectivity index (χ4n) is 4.32. The largest absolute Gasteiger partial charge is 0.380 e. The topological polar surface area (TPSA) is 41.6 Å². The Morgan fingerprint density at radius 3 is 2.81 bits per heavy atom. The van der Waals surface area contributed by atoms with E-state index in [2.05, 4.69) is 34.5 Å². The molecule has 0 aromatic heterocycles. The van der Waals surface area contributed by atoms with Crippen LogP contribution in [0.25, 0.3) is 0 Å². The maximum Gasteiger partial charge on any atom is 0.228 e. The summed E-state index contributed by atoms with van der Waals surface area (Å²) in [5, 5.41) is 3.07. The summed E-state index contributed by atoms with van der Waals surface area (Å²) < 4.78 is 5.55. The Balaban J connectivity index is 1.67. The van der Waals surface area contributed by atoms with Crippen molar-refractivity contribution in [1.82, 2.24) is 10.2 Å². The number of amides is 1. The zero-order chi connectivity index (χ0) is 14.3. The fourth-order valence-corrected chi connectivity index (χ4v) is 4.32. The van der Waals surface area contributed by atoms with Crippen molar-refractivity contribution in [3.8, 4) is 0 Å².